The second-order valence-corrected chi connectivity index (χ2v) is 5.91. The fourth-order valence-electron chi connectivity index (χ4n) is 2.37. The lowest BCUT2D eigenvalue weighted by atomic mass is 9.78. The van der Waals surface area contributed by atoms with Gasteiger partial charge in [-0.05, 0) is 59.7 Å². The van der Waals surface area contributed by atoms with Gasteiger partial charge in [0.05, 0.1) is 5.69 Å². The number of benzene rings is 1. The van der Waals surface area contributed by atoms with Gasteiger partial charge in [-0.2, -0.15) is 0 Å². The minimum Gasteiger partial charge on any atom is -0.276 e. The van der Waals surface area contributed by atoms with E-state index in [-0.39, 0.29) is 0 Å². The average molecular weight is 386 g/mol. The Labute approximate surface area is 130 Å². The van der Waals surface area contributed by atoms with Crippen LogP contribution < -0.4 is 10.2 Å². The van der Waals surface area contributed by atoms with Gasteiger partial charge in [-0.15, -0.1) is 0 Å². The molecule has 4 amide bonds. The van der Waals surface area contributed by atoms with Crippen molar-refractivity contribution in [3.05, 3.63) is 27.8 Å². The molecule has 1 N–H and O–H groups in total. The number of hydrogen-bond donors (Lipinski definition) is 1. The third-order valence-electron chi connectivity index (χ3n) is 3.76. The minimum atomic E-state index is -1.16. The van der Waals surface area contributed by atoms with Crippen LogP contribution in [-0.2, 0) is 9.59 Å². The van der Waals surface area contributed by atoms with E-state index in [4.69, 9.17) is 0 Å². The Kier molecular flexibility index (Phi) is 4.12. The van der Waals surface area contributed by atoms with Crippen LogP contribution in [0.15, 0.2) is 24.3 Å². The number of carbonyl (C=O) groups excluding carboxylic acids is 3. The van der Waals surface area contributed by atoms with Gasteiger partial charge < -0.3 is 0 Å². The van der Waals surface area contributed by atoms with Gasteiger partial charge >= 0.3 is 6.03 Å². The maximum atomic E-state index is 12.7. The van der Waals surface area contributed by atoms with Crippen LogP contribution in [0.3, 0.4) is 0 Å². The van der Waals surface area contributed by atoms with Crippen LogP contribution in [0.25, 0.3) is 0 Å². The number of halogens is 1. The van der Waals surface area contributed by atoms with Crippen LogP contribution in [0.2, 0.25) is 0 Å². The fraction of sp³-hybridized carbons (Fsp3) is 0.357. The van der Waals surface area contributed by atoms with Crippen LogP contribution in [-0.4, -0.2) is 17.8 Å². The summed E-state index contributed by atoms with van der Waals surface area (Å²) in [6.07, 6.45) is 0.727. The van der Waals surface area contributed by atoms with E-state index in [0.29, 0.717) is 18.5 Å². The molecule has 1 fully saturated rings. The van der Waals surface area contributed by atoms with Crippen LogP contribution in [0.5, 0.6) is 0 Å². The molecule has 0 saturated carbocycles. The number of rotatable bonds is 3. The van der Waals surface area contributed by atoms with Gasteiger partial charge in [0.15, 0.2) is 0 Å². The Morgan fingerprint density at radius 3 is 2.15 bits per heavy atom. The Morgan fingerprint density at radius 1 is 1.10 bits per heavy atom. The molecular formula is C14H15IN2O3. The topological polar surface area (TPSA) is 66.5 Å². The zero-order valence-corrected chi connectivity index (χ0v) is 13.4. The predicted octanol–water partition coefficient (Wildman–Crippen LogP) is 2.68. The van der Waals surface area contributed by atoms with E-state index in [0.717, 1.165) is 8.47 Å². The van der Waals surface area contributed by atoms with Gasteiger partial charge in [0.2, 0.25) is 5.91 Å². The van der Waals surface area contributed by atoms with Gasteiger partial charge in [0.1, 0.15) is 5.41 Å². The molecule has 106 valence electrons. The average Bonchev–Trinajstić information content (AvgIpc) is 2.42. The second-order valence-electron chi connectivity index (χ2n) is 4.67. The van der Waals surface area contributed by atoms with E-state index < -0.39 is 23.3 Å². The number of barbiturate groups is 1. The van der Waals surface area contributed by atoms with Crippen molar-refractivity contribution in [2.24, 2.45) is 5.41 Å². The molecule has 0 spiro atoms. The first kappa shape index (κ1) is 15.0. The van der Waals surface area contributed by atoms with E-state index in [1.165, 1.54) is 0 Å². The SMILES string of the molecule is CCC1(CC)C(=O)NC(=O)N(c2ccc(I)cc2)C1=O. The lowest BCUT2D eigenvalue weighted by molar-refractivity contribution is -0.143. The van der Waals surface area contributed by atoms with Crippen LogP contribution in [0.1, 0.15) is 26.7 Å². The standard InChI is InChI=1S/C14H15IN2O3/c1-3-14(4-2)11(18)16-13(20)17(12(14)19)10-7-5-9(15)6-8-10/h5-8H,3-4H2,1-2H3,(H,16,18,20). The third-order valence-corrected chi connectivity index (χ3v) is 4.48. The zero-order chi connectivity index (χ0) is 14.9. The van der Waals surface area contributed by atoms with Crippen LogP contribution in [0.4, 0.5) is 10.5 Å². The van der Waals surface area contributed by atoms with Gasteiger partial charge in [-0.1, -0.05) is 13.8 Å². The summed E-state index contributed by atoms with van der Waals surface area (Å²) in [5, 5.41) is 2.29. The highest BCUT2D eigenvalue weighted by molar-refractivity contribution is 14.1. The maximum absolute atomic E-state index is 12.7. The quantitative estimate of drug-likeness (QED) is 0.642. The maximum Gasteiger partial charge on any atom is 0.335 e. The summed E-state index contributed by atoms with van der Waals surface area (Å²) in [5.74, 6) is -0.947. The number of nitrogens with zero attached hydrogens (tertiary/aromatic N) is 1. The first-order chi connectivity index (χ1) is 9.46. The molecule has 1 aliphatic rings. The van der Waals surface area contributed by atoms with Crippen molar-refractivity contribution in [2.75, 3.05) is 4.90 Å². The van der Waals surface area contributed by atoms with Gasteiger partial charge in [-0.25, -0.2) is 9.69 Å². The molecule has 1 aromatic carbocycles. The lowest BCUT2D eigenvalue weighted by Gasteiger charge is -2.38. The van der Waals surface area contributed by atoms with E-state index in [1.54, 1.807) is 26.0 Å². The molecule has 0 unspecified atom stereocenters. The highest BCUT2D eigenvalue weighted by Crippen LogP contribution is 2.34. The number of nitrogens with one attached hydrogen (secondary N) is 1. The monoisotopic (exact) mass is 386 g/mol. The number of carbonyl (C=O) groups is 3. The Hall–Kier alpha value is -1.44. The van der Waals surface area contributed by atoms with Crippen molar-refractivity contribution in [1.29, 1.82) is 0 Å². The summed E-state index contributed by atoms with van der Waals surface area (Å²) in [7, 11) is 0. The molecule has 1 saturated heterocycles. The largest absolute Gasteiger partial charge is 0.335 e. The molecule has 0 atom stereocenters. The Morgan fingerprint density at radius 2 is 1.65 bits per heavy atom. The molecular weight excluding hydrogens is 371 g/mol. The lowest BCUT2D eigenvalue weighted by Crippen LogP contribution is -2.63. The van der Waals surface area contributed by atoms with E-state index >= 15 is 0 Å². The highest BCUT2D eigenvalue weighted by atomic mass is 127. The summed E-state index contributed by atoms with van der Waals surface area (Å²) < 4.78 is 1.00. The van der Waals surface area contributed by atoms with Gasteiger partial charge in [0.25, 0.3) is 5.91 Å². The minimum absolute atomic E-state index is 0.363. The molecule has 1 aliphatic heterocycles. The summed E-state index contributed by atoms with van der Waals surface area (Å²) in [6, 6.07) is 6.34. The molecule has 0 aromatic heterocycles. The van der Waals surface area contributed by atoms with Crippen molar-refractivity contribution in [3.8, 4) is 0 Å². The summed E-state index contributed by atoms with van der Waals surface area (Å²) >= 11 is 2.14. The predicted molar refractivity (Wildman–Crippen MR) is 83.2 cm³/mol. The van der Waals surface area contributed by atoms with Gasteiger partial charge in [0, 0.05) is 3.57 Å². The molecule has 2 rings (SSSR count). The number of urea groups is 1. The summed E-state index contributed by atoms with van der Waals surface area (Å²) in [4.78, 5) is 37.8. The molecule has 0 radical (unpaired) electrons. The van der Waals surface area contributed by atoms with Gasteiger partial charge in [-0.3, -0.25) is 14.9 Å². The first-order valence-electron chi connectivity index (χ1n) is 6.41. The third kappa shape index (κ3) is 2.21. The normalized spacial score (nSPS) is 18.1. The molecule has 20 heavy (non-hydrogen) atoms. The molecule has 1 aromatic rings. The fourth-order valence-corrected chi connectivity index (χ4v) is 2.73. The zero-order valence-electron chi connectivity index (χ0n) is 11.3. The van der Waals surface area contributed by atoms with Crippen LogP contribution >= 0.6 is 22.6 Å². The van der Waals surface area contributed by atoms with E-state index in [9.17, 15) is 14.4 Å². The van der Waals surface area contributed by atoms with Crippen molar-refractivity contribution in [3.63, 3.8) is 0 Å². The van der Waals surface area contributed by atoms with Crippen LogP contribution in [0, 0.1) is 8.99 Å². The molecule has 0 aliphatic carbocycles. The first-order valence-corrected chi connectivity index (χ1v) is 7.49. The smallest absolute Gasteiger partial charge is 0.276 e. The summed E-state index contributed by atoms with van der Waals surface area (Å²) in [5.41, 5.74) is -0.677. The number of anilines is 1. The van der Waals surface area contributed by atoms with Crippen molar-refractivity contribution in [2.45, 2.75) is 26.7 Å². The van der Waals surface area contributed by atoms with Crippen molar-refractivity contribution < 1.29 is 14.4 Å². The Balaban J connectivity index is 2.47. The highest BCUT2D eigenvalue weighted by Gasteiger charge is 2.51. The number of hydrogen-bond acceptors (Lipinski definition) is 3. The van der Waals surface area contributed by atoms with Crippen molar-refractivity contribution in [1.82, 2.24) is 5.32 Å². The van der Waals surface area contributed by atoms with Crippen molar-refractivity contribution >= 4 is 46.1 Å². The number of imide groups is 2. The molecule has 0 bridgehead atoms. The second kappa shape index (κ2) is 5.51. The Bertz CT molecular complexity index is 564. The molecule has 1 heterocycles. The van der Waals surface area contributed by atoms with E-state index in [2.05, 4.69) is 27.9 Å². The summed E-state index contributed by atoms with van der Waals surface area (Å²) in [6.45, 7) is 3.56. The molecule has 6 heteroatoms. The van der Waals surface area contributed by atoms with E-state index in [1.807, 2.05) is 12.1 Å². The molecule has 5 nitrogen and oxygen atoms in total. The number of amides is 4.